The average molecular weight is 369 g/mol. The normalized spacial score (nSPS) is 14.0. The highest BCUT2D eigenvalue weighted by atomic mass is 79.9. The van der Waals surface area contributed by atoms with Gasteiger partial charge in [-0.25, -0.2) is 4.68 Å². The number of pyridine rings is 1. The lowest BCUT2D eigenvalue weighted by Crippen LogP contribution is -2.07. The van der Waals surface area contributed by atoms with Crippen LogP contribution in [0.1, 0.15) is 18.4 Å². The number of nitrogens with one attached hydrogen (secondary N) is 1. The predicted octanol–water partition coefficient (Wildman–Crippen LogP) is 4.45. The van der Waals surface area contributed by atoms with E-state index in [2.05, 4.69) is 38.4 Å². The van der Waals surface area contributed by atoms with Crippen LogP contribution in [0, 0.1) is 0 Å². The van der Waals surface area contributed by atoms with Crippen molar-refractivity contribution in [1.82, 2.24) is 14.8 Å². The molecule has 0 spiro atoms. The number of rotatable bonds is 2. The number of benzene rings is 1. The molecule has 116 valence electrons. The van der Waals surface area contributed by atoms with Gasteiger partial charge in [0.1, 0.15) is 5.82 Å². The van der Waals surface area contributed by atoms with Crippen molar-refractivity contribution in [2.24, 2.45) is 0 Å². The van der Waals surface area contributed by atoms with Crippen LogP contribution in [0.3, 0.4) is 0 Å². The van der Waals surface area contributed by atoms with Crippen molar-refractivity contribution >= 4 is 21.7 Å². The lowest BCUT2D eigenvalue weighted by atomic mass is 10.0. The molecule has 0 saturated heterocycles. The monoisotopic (exact) mass is 368 g/mol. The molecular weight excluding hydrogens is 352 g/mol. The van der Waals surface area contributed by atoms with Crippen LogP contribution in [0.2, 0.25) is 0 Å². The Hall–Kier alpha value is -2.14. The maximum absolute atomic E-state index is 4.92. The van der Waals surface area contributed by atoms with Crippen LogP contribution in [-0.4, -0.2) is 21.3 Å². The molecule has 23 heavy (non-hydrogen) atoms. The van der Waals surface area contributed by atoms with Gasteiger partial charge in [0, 0.05) is 34.5 Å². The standard InChI is InChI=1S/C18H17BrN4/c19-14-4-3-5-15(12-14)23-18-16(6-1-2-9-21-18)17(22-23)13-7-10-20-11-8-13/h3-5,7-8,10-12,21H,1-2,6,9H2. The molecule has 4 nitrogen and oxygen atoms in total. The van der Waals surface area contributed by atoms with E-state index in [4.69, 9.17) is 5.10 Å². The topological polar surface area (TPSA) is 42.7 Å². The molecule has 0 bridgehead atoms. The van der Waals surface area contributed by atoms with E-state index in [0.29, 0.717) is 0 Å². The molecule has 0 aliphatic carbocycles. The lowest BCUT2D eigenvalue weighted by molar-refractivity contribution is 0.780. The second-order valence-corrected chi connectivity index (χ2v) is 6.60. The van der Waals surface area contributed by atoms with Crippen molar-refractivity contribution in [1.29, 1.82) is 0 Å². The summed E-state index contributed by atoms with van der Waals surface area (Å²) in [4.78, 5) is 4.12. The van der Waals surface area contributed by atoms with Crippen LogP contribution in [0.5, 0.6) is 0 Å². The molecule has 0 saturated carbocycles. The van der Waals surface area contributed by atoms with Crippen LogP contribution in [0.15, 0.2) is 53.3 Å². The molecule has 0 atom stereocenters. The third-order valence-corrected chi connectivity index (χ3v) is 4.63. The Balaban J connectivity index is 1.92. The number of hydrogen-bond acceptors (Lipinski definition) is 3. The summed E-state index contributed by atoms with van der Waals surface area (Å²) in [7, 11) is 0. The maximum Gasteiger partial charge on any atom is 0.133 e. The summed E-state index contributed by atoms with van der Waals surface area (Å²) in [6, 6.07) is 12.3. The quantitative estimate of drug-likeness (QED) is 0.726. The van der Waals surface area contributed by atoms with Crippen molar-refractivity contribution in [2.75, 3.05) is 11.9 Å². The van der Waals surface area contributed by atoms with E-state index in [1.54, 1.807) is 0 Å². The van der Waals surface area contributed by atoms with Crippen LogP contribution in [0.4, 0.5) is 5.82 Å². The number of hydrogen-bond donors (Lipinski definition) is 1. The fourth-order valence-electron chi connectivity index (χ4n) is 3.04. The third kappa shape index (κ3) is 2.77. The fraction of sp³-hybridized carbons (Fsp3) is 0.222. The SMILES string of the molecule is Brc1cccc(-n2nc(-c3ccncc3)c3c2NCCCC3)c1. The van der Waals surface area contributed by atoms with Crippen LogP contribution in [-0.2, 0) is 6.42 Å². The minimum Gasteiger partial charge on any atom is -0.370 e. The van der Waals surface area contributed by atoms with Gasteiger partial charge in [-0.1, -0.05) is 22.0 Å². The summed E-state index contributed by atoms with van der Waals surface area (Å²) in [6.45, 7) is 0.989. The lowest BCUT2D eigenvalue weighted by Gasteiger charge is -2.09. The van der Waals surface area contributed by atoms with Gasteiger partial charge in [0.2, 0.25) is 0 Å². The first kappa shape index (κ1) is 14.5. The molecule has 1 N–H and O–H groups in total. The summed E-state index contributed by atoms with van der Waals surface area (Å²) < 4.78 is 3.08. The van der Waals surface area contributed by atoms with E-state index < -0.39 is 0 Å². The van der Waals surface area contributed by atoms with Gasteiger partial charge >= 0.3 is 0 Å². The molecule has 5 heteroatoms. The Labute approximate surface area is 143 Å². The van der Waals surface area contributed by atoms with Crippen molar-refractivity contribution in [2.45, 2.75) is 19.3 Å². The smallest absolute Gasteiger partial charge is 0.133 e. The molecule has 3 heterocycles. The second-order valence-electron chi connectivity index (χ2n) is 5.69. The van der Waals surface area contributed by atoms with E-state index in [9.17, 15) is 0 Å². The van der Waals surface area contributed by atoms with Gasteiger partial charge in [0.15, 0.2) is 0 Å². The van der Waals surface area contributed by atoms with Gasteiger partial charge in [0.25, 0.3) is 0 Å². The highest BCUT2D eigenvalue weighted by Gasteiger charge is 2.21. The zero-order valence-corrected chi connectivity index (χ0v) is 14.3. The summed E-state index contributed by atoms with van der Waals surface area (Å²) in [5, 5.41) is 8.49. The summed E-state index contributed by atoms with van der Waals surface area (Å²) in [6.07, 6.45) is 7.06. The number of anilines is 1. The van der Waals surface area contributed by atoms with Crippen LogP contribution >= 0.6 is 15.9 Å². The Bertz CT molecular complexity index is 826. The number of halogens is 1. The first-order chi connectivity index (χ1) is 11.3. The zero-order valence-electron chi connectivity index (χ0n) is 12.7. The van der Waals surface area contributed by atoms with Gasteiger partial charge < -0.3 is 5.32 Å². The van der Waals surface area contributed by atoms with Gasteiger partial charge in [-0.2, -0.15) is 5.10 Å². The third-order valence-electron chi connectivity index (χ3n) is 4.14. The second kappa shape index (κ2) is 6.16. The molecule has 4 rings (SSSR count). The van der Waals surface area contributed by atoms with E-state index in [-0.39, 0.29) is 0 Å². The highest BCUT2D eigenvalue weighted by Crippen LogP contribution is 2.34. The molecule has 1 aliphatic heterocycles. The van der Waals surface area contributed by atoms with Gasteiger partial charge in [-0.3, -0.25) is 4.98 Å². The molecule has 0 radical (unpaired) electrons. The van der Waals surface area contributed by atoms with Crippen molar-refractivity contribution in [3.05, 3.63) is 58.8 Å². The van der Waals surface area contributed by atoms with Gasteiger partial charge in [-0.05, 0) is 49.6 Å². The van der Waals surface area contributed by atoms with Crippen LogP contribution < -0.4 is 5.32 Å². The van der Waals surface area contributed by atoms with Crippen molar-refractivity contribution in [3.8, 4) is 16.9 Å². The average Bonchev–Trinajstić information content (AvgIpc) is 2.77. The summed E-state index contributed by atoms with van der Waals surface area (Å²) >= 11 is 3.55. The first-order valence-electron chi connectivity index (χ1n) is 7.85. The van der Waals surface area contributed by atoms with E-state index in [1.165, 1.54) is 18.4 Å². The zero-order chi connectivity index (χ0) is 15.6. The number of nitrogens with zero attached hydrogens (tertiary/aromatic N) is 3. The molecule has 1 aromatic carbocycles. The minimum atomic E-state index is 0.989. The largest absolute Gasteiger partial charge is 0.370 e. The fourth-order valence-corrected chi connectivity index (χ4v) is 3.43. The van der Waals surface area contributed by atoms with Crippen molar-refractivity contribution < 1.29 is 0 Å². The Morgan fingerprint density at radius 2 is 1.96 bits per heavy atom. The summed E-state index contributed by atoms with van der Waals surface area (Å²) in [5.41, 5.74) is 4.53. The van der Waals surface area contributed by atoms with E-state index in [1.807, 2.05) is 41.3 Å². The van der Waals surface area contributed by atoms with Crippen LogP contribution in [0.25, 0.3) is 16.9 Å². The first-order valence-corrected chi connectivity index (χ1v) is 8.64. The van der Waals surface area contributed by atoms with Gasteiger partial charge in [0.05, 0.1) is 11.4 Å². The molecular formula is C18H17BrN4. The van der Waals surface area contributed by atoms with Crippen molar-refractivity contribution in [3.63, 3.8) is 0 Å². The molecule has 0 amide bonds. The Kier molecular flexibility index (Phi) is 3.87. The molecule has 1 aliphatic rings. The predicted molar refractivity (Wildman–Crippen MR) is 95.9 cm³/mol. The highest BCUT2D eigenvalue weighted by molar-refractivity contribution is 9.10. The Morgan fingerprint density at radius 1 is 1.09 bits per heavy atom. The minimum absolute atomic E-state index is 0.989. The number of fused-ring (bicyclic) bond motifs is 1. The molecule has 3 aromatic rings. The summed E-state index contributed by atoms with van der Waals surface area (Å²) in [5.74, 6) is 1.12. The molecule has 0 fully saturated rings. The van der Waals surface area contributed by atoms with Gasteiger partial charge in [-0.15, -0.1) is 0 Å². The molecule has 2 aromatic heterocycles. The molecule has 0 unspecified atom stereocenters. The number of aromatic nitrogens is 3. The van der Waals surface area contributed by atoms with E-state index in [0.717, 1.165) is 40.2 Å². The Morgan fingerprint density at radius 3 is 2.78 bits per heavy atom. The van der Waals surface area contributed by atoms with E-state index >= 15 is 0 Å². The maximum atomic E-state index is 4.92.